The Hall–Kier alpha value is -2.90. The lowest BCUT2D eigenvalue weighted by Crippen LogP contribution is -2.19. The number of amides is 2. The predicted octanol–water partition coefficient (Wildman–Crippen LogP) is 3.74. The Morgan fingerprint density at radius 2 is 1.83 bits per heavy atom. The van der Waals surface area contributed by atoms with Gasteiger partial charge in [0.05, 0.1) is 21.1 Å². The molecule has 1 aliphatic rings. The molecule has 0 aliphatic heterocycles. The second-order valence-electron chi connectivity index (χ2n) is 6.74. The lowest BCUT2D eigenvalue weighted by Gasteiger charge is -2.11. The van der Waals surface area contributed by atoms with Gasteiger partial charge in [-0.15, -0.1) is 0 Å². The van der Waals surface area contributed by atoms with E-state index in [1.807, 2.05) is 0 Å². The second-order valence-corrected chi connectivity index (χ2v) is 7.56. The molecule has 9 heteroatoms. The summed E-state index contributed by atoms with van der Waals surface area (Å²) >= 11 is 12.5. The van der Waals surface area contributed by atoms with E-state index in [-0.39, 0.29) is 38.9 Å². The van der Waals surface area contributed by atoms with Crippen LogP contribution in [-0.4, -0.2) is 34.3 Å². The van der Waals surface area contributed by atoms with E-state index < -0.39 is 5.91 Å². The first-order valence-electron chi connectivity index (χ1n) is 8.93. The lowest BCUT2D eigenvalue weighted by atomic mass is 10.1. The van der Waals surface area contributed by atoms with Crippen molar-refractivity contribution in [1.29, 1.82) is 0 Å². The molecule has 29 heavy (non-hydrogen) atoms. The molecule has 148 valence electrons. The SMILES string of the molecule is CNC(=O)c1cc(Cl)c(C(=O)n2ccc3c(NC(=O)C4CC4)nccc32)c(Cl)c1. The van der Waals surface area contributed by atoms with E-state index in [0.29, 0.717) is 16.7 Å². The van der Waals surface area contributed by atoms with Crippen molar-refractivity contribution in [1.82, 2.24) is 14.9 Å². The summed E-state index contributed by atoms with van der Waals surface area (Å²) in [5.41, 5.74) is 0.892. The number of hydrogen-bond donors (Lipinski definition) is 2. The summed E-state index contributed by atoms with van der Waals surface area (Å²) in [5.74, 6) is -0.448. The molecule has 0 spiro atoms. The van der Waals surface area contributed by atoms with Gasteiger partial charge in [0.25, 0.3) is 11.8 Å². The van der Waals surface area contributed by atoms with Crippen LogP contribution in [0.3, 0.4) is 0 Å². The summed E-state index contributed by atoms with van der Waals surface area (Å²) < 4.78 is 1.39. The highest BCUT2D eigenvalue weighted by Gasteiger charge is 2.30. The van der Waals surface area contributed by atoms with Crippen molar-refractivity contribution in [3.8, 4) is 0 Å². The number of nitrogens with one attached hydrogen (secondary N) is 2. The molecule has 0 saturated heterocycles. The zero-order valence-electron chi connectivity index (χ0n) is 15.3. The Kier molecular flexibility index (Phi) is 5.02. The van der Waals surface area contributed by atoms with Crippen LogP contribution in [0.25, 0.3) is 10.9 Å². The normalized spacial score (nSPS) is 13.3. The number of benzene rings is 1. The first-order chi connectivity index (χ1) is 13.9. The highest BCUT2D eigenvalue weighted by molar-refractivity contribution is 6.40. The summed E-state index contributed by atoms with van der Waals surface area (Å²) in [6, 6.07) is 6.16. The van der Waals surface area contributed by atoms with Crippen molar-refractivity contribution in [2.45, 2.75) is 12.8 Å². The van der Waals surface area contributed by atoms with Crippen LogP contribution in [0.1, 0.15) is 33.6 Å². The van der Waals surface area contributed by atoms with Crippen LogP contribution < -0.4 is 10.6 Å². The van der Waals surface area contributed by atoms with E-state index in [1.54, 1.807) is 18.3 Å². The van der Waals surface area contributed by atoms with Crippen molar-refractivity contribution in [3.05, 3.63) is 57.8 Å². The van der Waals surface area contributed by atoms with Crippen LogP contribution in [0.4, 0.5) is 5.82 Å². The third-order valence-electron chi connectivity index (χ3n) is 4.77. The van der Waals surface area contributed by atoms with Crippen molar-refractivity contribution in [2.24, 2.45) is 5.92 Å². The summed E-state index contributed by atoms with van der Waals surface area (Å²) in [6.07, 6.45) is 4.85. The molecule has 1 aromatic carbocycles. The second kappa shape index (κ2) is 7.50. The number of fused-ring (bicyclic) bond motifs is 1. The number of halogens is 2. The standard InChI is InChI=1S/C20H16Cl2N4O3/c1-23-18(27)11-8-13(21)16(14(22)9-11)20(29)26-7-5-12-15(26)4-6-24-17(12)25-19(28)10-2-3-10/h4-10H,2-3H2,1H3,(H,23,27)(H,24,25,28). The molecule has 1 aliphatic carbocycles. The molecule has 1 saturated carbocycles. The molecular formula is C20H16Cl2N4O3. The van der Waals surface area contributed by atoms with Crippen LogP contribution in [0.2, 0.25) is 10.0 Å². The van der Waals surface area contributed by atoms with Gasteiger partial charge in [-0.1, -0.05) is 23.2 Å². The third-order valence-corrected chi connectivity index (χ3v) is 5.37. The topological polar surface area (TPSA) is 93.1 Å². The monoisotopic (exact) mass is 430 g/mol. The molecule has 2 N–H and O–H groups in total. The minimum absolute atomic E-state index is 0.0345. The van der Waals surface area contributed by atoms with Gasteiger partial charge in [0, 0.05) is 36.3 Å². The van der Waals surface area contributed by atoms with Gasteiger partial charge in [-0.3, -0.25) is 19.0 Å². The molecule has 2 aromatic heterocycles. The summed E-state index contributed by atoms with van der Waals surface area (Å²) in [4.78, 5) is 41.3. The fourth-order valence-electron chi connectivity index (χ4n) is 3.08. The highest BCUT2D eigenvalue weighted by Crippen LogP contribution is 2.32. The molecule has 4 rings (SSSR count). The van der Waals surface area contributed by atoms with Gasteiger partial charge < -0.3 is 10.6 Å². The van der Waals surface area contributed by atoms with Crippen molar-refractivity contribution in [2.75, 3.05) is 12.4 Å². The van der Waals surface area contributed by atoms with E-state index in [9.17, 15) is 14.4 Å². The summed E-state index contributed by atoms with van der Waals surface area (Å²) in [6.45, 7) is 0. The molecule has 2 amide bonds. The van der Waals surface area contributed by atoms with Crippen LogP contribution in [0, 0.1) is 5.92 Å². The Morgan fingerprint density at radius 1 is 1.14 bits per heavy atom. The maximum Gasteiger partial charge on any atom is 0.265 e. The zero-order valence-corrected chi connectivity index (χ0v) is 16.8. The van der Waals surface area contributed by atoms with Gasteiger partial charge >= 0.3 is 0 Å². The molecule has 7 nitrogen and oxygen atoms in total. The molecule has 0 unspecified atom stereocenters. The van der Waals surface area contributed by atoms with Crippen molar-refractivity contribution < 1.29 is 14.4 Å². The van der Waals surface area contributed by atoms with Crippen LogP contribution in [-0.2, 0) is 4.79 Å². The van der Waals surface area contributed by atoms with E-state index >= 15 is 0 Å². The lowest BCUT2D eigenvalue weighted by molar-refractivity contribution is -0.117. The molecule has 2 heterocycles. The molecule has 0 atom stereocenters. The van der Waals surface area contributed by atoms with E-state index in [2.05, 4.69) is 15.6 Å². The number of aromatic nitrogens is 2. The quantitative estimate of drug-likeness (QED) is 0.658. The van der Waals surface area contributed by atoms with Crippen molar-refractivity contribution in [3.63, 3.8) is 0 Å². The fraction of sp³-hybridized carbons (Fsp3) is 0.200. The Balaban J connectivity index is 1.73. The first-order valence-corrected chi connectivity index (χ1v) is 9.69. The number of carbonyl (C=O) groups is 3. The number of pyridine rings is 1. The number of anilines is 1. The predicted molar refractivity (Wildman–Crippen MR) is 111 cm³/mol. The Labute approximate surface area is 176 Å². The Bertz CT molecular complexity index is 1140. The largest absolute Gasteiger partial charge is 0.355 e. The van der Waals surface area contributed by atoms with Gasteiger partial charge in [-0.2, -0.15) is 0 Å². The maximum absolute atomic E-state index is 13.2. The van der Waals surface area contributed by atoms with Gasteiger partial charge in [-0.25, -0.2) is 4.98 Å². The van der Waals surface area contributed by atoms with Gasteiger partial charge in [0.2, 0.25) is 5.91 Å². The van der Waals surface area contributed by atoms with Crippen LogP contribution in [0.15, 0.2) is 36.7 Å². The van der Waals surface area contributed by atoms with Gasteiger partial charge in [0.1, 0.15) is 5.82 Å². The van der Waals surface area contributed by atoms with Gasteiger partial charge in [0.15, 0.2) is 0 Å². The first kappa shape index (κ1) is 19.4. The highest BCUT2D eigenvalue weighted by atomic mass is 35.5. The fourth-order valence-corrected chi connectivity index (χ4v) is 3.73. The van der Waals surface area contributed by atoms with E-state index in [0.717, 1.165) is 12.8 Å². The average Bonchev–Trinajstić information content (AvgIpc) is 3.46. The summed E-state index contributed by atoms with van der Waals surface area (Å²) in [7, 11) is 1.49. The molecular weight excluding hydrogens is 415 g/mol. The molecule has 0 bridgehead atoms. The van der Waals surface area contributed by atoms with Crippen LogP contribution >= 0.6 is 23.2 Å². The van der Waals surface area contributed by atoms with E-state index in [1.165, 1.54) is 29.9 Å². The molecule has 3 aromatic rings. The number of nitrogens with zero attached hydrogens (tertiary/aromatic N) is 2. The number of carbonyl (C=O) groups excluding carboxylic acids is 3. The number of hydrogen-bond acceptors (Lipinski definition) is 4. The van der Waals surface area contributed by atoms with E-state index in [4.69, 9.17) is 23.2 Å². The third kappa shape index (κ3) is 3.59. The molecule has 0 radical (unpaired) electrons. The molecule has 1 fully saturated rings. The zero-order chi connectivity index (χ0) is 20.7. The minimum Gasteiger partial charge on any atom is -0.355 e. The van der Waals surface area contributed by atoms with Gasteiger partial charge in [-0.05, 0) is 37.1 Å². The summed E-state index contributed by atoms with van der Waals surface area (Å²) in [5, 5.41) is 6.07. The average molecular weight is 431 g/mol. The van der Waals surface area contributed by atoms with Crippen molar-refractivity contribution >= 4 is 57.6 Å². The maximum atomic E-state index is 13.2. The smallest absolute Gasteiger partial charge is 0.265 e. The minimum atomic E-state index is -0.455. The Morgan fingerprint density at radius 3 is 2.45 bits per heavy atom. The van der Waals surface area contributed by atoms with Crippen LogP contribution in [0.5, 0.6) is 0 Å². The number of rotatable bonds is 4.